The number of hydrogen-bond donors (Lipinski definition) is 0. The summed E-state index contributed by atoms with van der Waals surface area (Å²) in [7, 11) is 0. The number of para-hydroxylation sites is 6. The molecule has 0 aliphatic heterocycles. The molecule has 20 rings (SSSR count). The van der Waals surface area contributed by atoms with Gasteiger partial charge in [0.05, 0.1) is 44.1 Å². The first-order valence-electron chi connectivity index (χ1n) is 30.8. The van der Waals surface area contributed by atoms with Crippen LogP contribution in [0.25, 0.3) is 187 Å². The van der Waals surface area contributed by atoms with Gasteiger partial charge in [0, 0.05) is 87.4 Å². The lowest BCUT2D eigenvalue weighted by Crippen LogP contribution is -1.95. The Morgan fingerprint density at radius 3 is 0.711 bits per heavy atom. The molecule has 6 heteroatoms. The molecule has 0 fully saturated rings. The normalized spacial score (nSPS) is 12.2. The summed E-state index contributed by atoms with van der Waals surface area (Å²) in [5.41, 5.74) is 24.1. The molecule has 20 aromatic rings. The molecule has 6 nitrogen and oxygen atoms in total. The van der Waals surface area contributed by atoms with Crippen molar-refractivity contribution in [2.75, 3.05) is 0 Å². The molecule has 6 aromatic heterocycles. The molecule has 0 aliphatic rings. The van der Waals surface area contributed by atoms with Crippen molar-refractivity contribution in [1.29, 1.82) is 0 Å². The Hall–Kier alpha value is -12.1. The van der Waals surface area contributed by atoms with Crippen LogP contribution in [0.1, 0.15) is 0 Å². The van der Waals surface area contributed by atoms with Gasteiger partial charge in [-0.3, -0.25) is 0 Å². The zero-order valence-corrected chi connectivity index (χ0v) is 48.5. The predicted molar refractivity (Wildman–Crippen MR) is 375 cm³/mol. The molecule has 0 radical (unpaired) electrons. The second-order valence-corrected chi connectivity index (χ2v) is 24.0. The van der Waals surface area contributed by atoms with Crippen molar-refractivity contribution in [2.45, 2.75) is 0 Å². The van der Waals surface area contributed by atoms with Gasteiger partial charge in [0.25, 0.3) is 0 Å². The first-order valence-corrected chi connectivity index (χ1v) is 30.8. The van der Waals surface area contributed by atoms with Crippen LogP contribution in [0.5, 0.6) is 0 Å². The van der Waals surface area contributed by atoms with Crippen molar-refractivity contribution in [1.82, 2.24) is 18.3 Å². The summed E-state index contributed by atoms with van der Waals surface area (Å²) < 4.78 is 22.8. The van der Waals surface area contributed by atoms with Gasteiger partial charge >= 0.3 is 0 Å². The van der Waals surface area contributed by atoms with Crippen LogP contribution in [-0.4, -0.2) is 18.3 Å². The van der Waals surface area contributed by atoms with Crippen molar-refractivity contribution < 1.29 is 8.83 Å². The number of nitrogens with zero attached hydrogens (tertiary/aromatic N) is 4. The summed E-state index contributed by atoms with van der Waals surface area (Å²) in [5, 5.41) is 14.1. The number of aromatic nitrogens is 4. The molecule has 90 heavy (non-hydrogen) atoms. The number of benzene rings is 14. The summed E-state index contributed by atoms with van der Waals surface area (Å²) >= 11 is 0. The van der Waals surface area contributed by atoms with Crippen LogP contribution in [0, 0.1) is 0 Å². The van der Waals surface area contributed by atoms with Gasteiger partial charge in [-0.1, -0.05) is 146 Å². The summed E-state index contributed by atoms with van der Waals surface area (Å²) in [6, 6.07) is 111. The Balaban J connectivity index is 0.685. The van der Waals surface area contributed by atoms with E-state index in [0.717, 1.165) is 122 Å². The van der Waals surface area contributed by atoms with Gasteiger partial charge in [0.15, 0.2) is 0 Å². The fourth-order valence-corrected chi connectivity index (χ4v) is 15.0. The van der Waals surface area contributed by atoms with Crippen molar-refractivity contribution in [3.63, 3.8) is 0 Å². The summed E-state index contributed by atoms with van der Waals surface area (Å²) in [6.45, 7) is 0. The maximum atomic E-state index is 6.60. The highest BCUT2D eigenvalue weighted by Gasteiger charge is 2.21. The standard InChI is InChI=1S/C84H50N4O2/c1-3-15-57(16-4-1)85-77-35-27-51(43-65(77)67-49-59(33-37-79(67)85)87-73-23-11-7-19-61(73)62-20-8-12-24-74(62)87)53-29-39-81-69(45-53)71-47-55(31-41-83(71)89-81)56-32-42-84-72(48-56)70-46-54(30-40-82(70)90-84)52-28-36-78-66(44-52)68-50-60(34-38-80(68)86(78)58-17-5-2-6-18-58)88-75-25-13-9-21-63(75)64-22-10-14-26-76(64)88/h1-50H. The number of hydrogen-bond acceptors (Lipinski definition) is 2. The van der Waals surface area contributed by atoms with Crippen LogP contribution >= 0.6 is 0 Å². The molecule has 14 aromatic carbocycles. The Morgan fingerprint density at radius 1 is 0.156 bits per heavy atom. The van der Waals surface area contributed by atoms with Crippen molar-refractivity contribution in [3.05, 3.63) is 303 Å². The molecule has 0 spiro atoms. The monoisotopic (exact) mass is 1150 g/mol. The predicted octanol–water partition coefficient (Wildman–Crippen LogP) is 22.9. The number of furan rings is 2. The van der Waals surface area contributed by atoms with Crippen LogP contribution < -0.4 is 0 Å². The van der Waals surface area contributed by atoms with Gasteiger partial charge < -0.3 is 27.1 Å². The molecule has 0 atom stereocenters. The molecular formula is C84H50N4O2. The second-order valence-electron chi connectivity index (χ2n) is 24.0. The van der Waals surface area contributed by atoms with Crippen LogP contribution in [0.4, 0.5) is 0 Å². The Kier molecular flexibility index (Phi) is 10.2. The fraction of sp³-hybridized carbons (Fsp3) is 0. The van der Waals surface area contributed by atoms with E-state index in [0.29, 0.717) is 0 Å². The van der Waals surface area contributed by atoms with E-state index in [2.05, 4.69) is 322 Å². The molecule has 0 saturated carbocycles. The number of fused-ring (bicyclic) bond motifs is 18. The fourth-order valence-electron chi connectivity index (χ4n) is 15.0. The first-order chi connectivity index (χ1) is 44.6. The van der Waals surface area contributed by atoms with E-state index in [9.17, 15) is 0 Å². The van der Waals surface area contributed by atoms with E-state index < -0.39 is 0 Å². The van der Waals surface area contributed by atoms with Crippen molar-refractivity contribution >= 4 is 131 Å². The minimum Gasteiger partial charge on any atom is -0.456 e. The average Bonchev–Trinajstić information content (AvgIpc) is 1.61. The van der Waals surface area contributed by atoms with E-state index >= 15 is 0 Å². The van der Waals surface area contributed by atoms with Gasteiger partial charge in [-0.05, 0) is 191 Å². The molecule has 0 unspecified atom stereocenters. The smallest absolute Gasteiger partial charge is 0.135 e. The zero-order valence-electron chi connectivity index (χ0n) is 48.5. The summed E-state index contributed by atoms with van der Waals surface area (Å²) in [6.07, 6.45) is 0. The molecular weight excluding hydrogens is 1100 g/mol. The van der Waals surface area contributed by atoms with E-state index in [-0.39, 0.29) is 0 Å². The van der Waals surface area contributed by atoms with E-state index in [4.69, 9.17) is 8.83 Å². The lowest BCUT2D eigenvalue weighted by Gasteiger charge is -2.10. The van der Waals surface area contributed by atoms with Crippen molar-refractivity contribution in [2.24, 2.45) is 0 Å². The van der Waals surface area contributed by atoms with Gasteiger partial charge in [0.2, 0.25) is 0 Å². The lowest BCUT2D eigenvalue weighted by molar-refractivity contribution is 0.668. The first kappa shape index (κ1) is 49.0. The minimum atomic E-state index is 0.858. The highest BCUT2D eigenvalue weighted by Crippen LogP contribution is 2.44. The van der Waals surface area contributed by atoms with Gasteiger partial charge in [-0.25, -0.2) is 0 Å². The summed E-state index contributed by atoms with van der Waals surface area (Å²) in [5.74, 6) is 0. The third kappa shape index (κ3) is 7.15. The average molecular weight is 1150 g/mol. The number of rotatable bonds is 7. The highest BCUT2D eigenvalue weighted by atomic mass is 16.3. The maximum Gasteiger partial charge on any atom is 0.135 e. The molecule has 0 aliphatic carbocycles. The Bertz CT molecular complexity index is 5910. The van der Waals surface area contributed by atoms with E-state index in [1.165, 1.54) is 65.2 Å². The van der Waals surface area contributed by atoms with E-state index in [1.807, 2.05) is 0 Å². The van der Waals surface area contributed by atoms with E-state index in [1.54, 1.807) is 0 Å². The third-order valence-electron chi connectivity index (χ3n) is 19.1. The maximum absolute atomic E-state index is 6.60. The molecule has 0 bridgehead atoms. The van der Waals surface area contributed by atoms with Gasteiger partial charge in [-0.15, -0.1) is 0 Å². The molecule has 6 heterocycles. The quantitative estimate of drug-likeness (QED) is 0.160. The Labute approximate surface area is 514 Å². The largest absolute Gasteiger partial charge is 0.456 e. The molecule has 418 valence electrons. The minimum absolute atomic E-state index is 0.858. The third-order valence-corrected chi connectivity index (χ3v) is 19.1. The van der Waals surface area contributed by atoms with Gasteiger partial charge in [0.1, 0.15) is 22.3 Å². The second kappa shape index (κ2) is 18.7. The highest BCUT2D eigenvalue weighted by molar-refractivity contribution is 6.16. The van der Waals surface area contributed by atoms with Crippen molar-refractivity contribution in [3.8, 4) is 56.1 Å². The van der Waals surface area contributed by atoms with Crippen LogP contribution in [0.3, 0.4) is 0 Å². The molecule has 0 N–H and O–H groups in total. The topological polar surface area (TPSA) is 46.0 Å². The SMILES string of the molecule is c1ccc(-n2c3ccc(-c4ccc5oc6ccc(-c7ccc8oc9ccc(-c%10ccc%11c(c%10)c%10cc(-n%12c%13ccccc%13c%13ccccc%13%12)ccc%10n%11-c%10ccccc%10)cc9c8c7)cc6c5c4)cc3c3cc(-n4c5ccccc5c5ccccc54)ccc32)cc1. The van der Waals surface area contributed by atoms with Crippen LogP contribution in [0.2, 0.25) is 0 Å². The molecule has 0 amide bonds. The Morgan fingerprint density at radius 2 is 0.389 bits per heavy atom. The summed E-state index contributed by atoms with van der Waals surface area (Å²) in [4.78, 5) is 0. The van der Waals surface area contributed by atoms with Crippen LogP contribution in [0.15, 0.2) is 312 Å². The lowest BCUT2D eigenvalue weighted by atomic mass is 9.97. The molecule has 0 saturated heterocycles. The zero-order chi connectivity index (χ0) is 58.7. The van der Waals surface area contributed by atoms with Gasteiger partial charge in [-0.2, -0.15) is 0 Å². The van der Waals surface area contributed by atoms with Crippen LogP contribution in [-0.2, 0) is 0 Å².